The van der Waals surface area contributed by atoms with Crippen LogP contribution in [0.2, 0.25) is 0 Å². The Morgan fingerprint density at radius 2 is 1.89 bits per heavy atom. The predicted octanol–water partition coefficient (Wildman–Crippen LogP) is -0.833. The van der Waals surface area contributed by atoms with Crippen molar-refractivity contribution >= 4 is 37.8 Å². The van der Waals surface area contributed by atoms with Crippen LogP contribution in [0.3, 0.4) is 0 Å². The lowest BCUT2D eigenvalue weighted by atomic mass is 9.97. The molecule has 2 saturated heterocycles. The number of carbonyl (C=O) groups is 3. The molecule has 1 amide bonds. The molecule has 0 aliphatic carbocycles. The van der Waals surface area contributed by atoms with Crippen LogP contribution >= 0.6 is 0 Å². The molecule has 0 spiro atoms. The van der Waals surface area contributed by atoms with Crippen molar-refractivity contribution in [1.29, 1.82) is 0 Å². The molecule has 0 aromatic heterocycles. The number of hydrogen-bond acceptors (Lipinski definition) is 10. The van der Waals surface area contributed by atoms with Crippen molar-refractivity contribution in [3.8, 4) is 0 Å². The summed E-state index contributed by atoms with van der Waals surface area (Å²) in [4.78, 5) is 36.5. The minimum atomic E-state index is -4.05. The van der Waals surface area contributed by atoms with Gasteiger partial charge in [-0.3, -0.25) is 9.59 Å². The Labute approximate surface area is 163 Å². The second kappa shape index (κ2) is 7.59. The molecule has 2 fully saturated rings. The molecule has 0 bridgehead atoms. The SMILES string of the molecule is CC(=O)OC[C@@]1(C)[C@H](C(=O)OCOS(=O)(=O)CC(C)C)N2C(=O)C[C@H]2S1(=O)=O. The minimum absolute atomic E-state index is 0.216. The first-order chi connectivity index (χ1) is 12.7. The molecule has 0 aromatic rings. The highest BCUT2D eigenvalue weighted by Gasteiger charge is 2.70. The van der Waals surface area contributed by atoms with Crippen LogP contribution in [0, 0.1) is 5.92 Å². The fraction of sp³-hybridized carbons (Fsp3) is 0.800. The van der Waals surface area contributed by atoms with Gasteiger partial charge in [-0.2, -0.15) is 8.42 Å². The molecule has 2 aliphatic heterocycles. The van der Waals surface area contributed by atoms with Gasteiger partial charge in [0.15, 0.2) is 15.9 Å². The summed E-state index contributed by atoms with van der Waals surface area (Å²) in [7, 11) is -7.99. The normalized spacial score (nSPS) is 28.6. The minimum Gasteiger partial charge on any atom is -0.464 e. The molecule has 0 radical (unpaired) electrons. The van der Waals surface area contributed by atoms with Gasteiger partial charge in [-0.1, -0.05) is 13.8 Å². The van der Waals surface area contributed by atoms with Crippen molar-refractivity contribution < 1.29 is 44.9 Å². The van der Waals surface area contributed by atoms with E-state index in [-0.39, 0.29) is 18.1 Å². The number of hydrogen-bond donors (Lipinski definition) is 0. The topological polar surface area (TPSA) is 150 Å². The summed E-state index contributed by atoms with van der Waals surface area (Å²) in [6.07, 6.45) is -0.291. The first-order valence-electron chi connectivity index (χ1n) is 8.44. The third kappa shape index (κ3) is 4.01. The van der Waals surface area contributed by atoms with Gasteiger partial charge >= 0.3 is 11.9 Å². The Morgan fingerprint density at radius 3 is 2.39 bits per heavy atom. The first-order valence-corrected chi connectivity index (χ1v) is 11.6. The summed E-state index contributed by atoms with van der Waals surface area (Å²) in [5.74, 6) is -3.00. The van der Waals surface area contributed by atoms with E-state index in [1.165, 1.54) is 6.92 Å². The van der Waals surface area contributed by atoms with E-state index in [4.69, 9.17) is 9.47 Å². The van der Waals surface area contributed by atoms with Gasteiger partial charge in [0, 0.05) is 6.92 Å². The molecule has 0 saturated carbocycles. The molecular weight excluding hydrogens is 418 g/mol. The maximum absolute atomic E-state index is 12.8. The zero-order valence-electron chi connectivity index (χ0n) is 15.9. The number of β-lactam (4-membered cyclic amide) rings is 1. The Hall–Kier alpha value is -1.73. The number of ether oxygens (including phenoxy) is 2. The highest BCUT2D eigenvalue weighted by Crippen LogP contribution is 2.46. The predicted molar refractivity (Wildman–Crippen MR) is 93.7 cm³/mol. The van der Waals surface area contributed by atoms with Gasteiger partial charge in [-0.15, -0.1) is 0 Å². The van der Waals surface area contributed by atoms with Gasteiger partial charge in [0.25, 0.3) is 10.1 Å². The molecule has 160 valence electrons. The molecule has 0 unspecified atom stereocenters. The third-order valence-corrected chi connectivity index (χ3v) is 8.85. The highest BCUT2D eigenvalue weighted by atomic mass is 32.2. The van der Waals surface area contributed by atoms with Crippen LogP contribution in [-0.4, -0.2) is 74.9 Å². The van der Waals surface area contributed by atoms with Crippen LogP contribution in [0.25, 0.3) is 0 Å². The average molecular weight is 441 g/mol. The molecule has 2 rings (SSSR count). The number of amides is 1. The van der Waals surface area contributed by atoms with Crippen LogP contribution in [0.4, 0.5) is 0 Å². The van der Waals surface area contributed by atoms with E-state index in [2.05, 4.69) is 4.18 Å². The Morgan fingerprint density at radius 1 is 1.29 bits per heavy atom. The van der Waals surface area contributed by atoms with Crippen molar-refractivity contribution in [3.05, 3.63) is 0 Å². The summed E-state index contributed by atoms with van der Waals surface area (Å²) in [5, 5.41) is -1.22. The van der Waals surface area contributed by atoms with Gasteiger partial charge in [0.05, 0.1) is 12.2 Å². The molecule has 0 aromatic carbocycles. The second-order valence-corrected chi connectivity index (χ2v) is 11.6. The molecule has 11 nitrogen and oxygen atoms in total. The van der Waals surface area contributed by atoms with Gasteiger partial charge in [-0.05, 0) is 12.8 Å². The van der Waals surface area contributed by atoms with Crippen LogP contribution < -0.4 is 0 Å². The lowest BCUT2D eigenvalue weighted by Gasteiger charge is -2.36. The van der Waals surface area contributed by atoms with Crippen LogP contribution in [0.5, 0.6) is 0 Å². The molecule has 3 atom stereocenters. The number of nitrogens with zero attached hydrogens (tertiary/aromatic N) is 1. The van der Waals surface area contributed by atoms with Crippen molar-refractivity contribution in [3.63, 3.8) is 0 Å². The lowest BCUT2D eigenvalue weighted by Crippen LogP contribution is -2.58. The Kier molecular flexibility index (Phi) is 6.12. The lowest BCUT2D eigenvalue weighted by molar-refractivity contribution is -0.167. The molecule has 13 heteroatoms. The first kappa shape index (κ1) is 22.6. The van der Waals surface area contributed by atoms with Crippen molar-refractivity contribution in [2.45, 2.75) is 50.3 Å². The second-order valence-electron chi connectivity index (χ2n) is 7.32. The fourth-order valence-electron chi connectivity index (χ4n) is 3.19. The molecular formula is C15H23NO10S2. The van der Waals surface area contributed by atoms with Crippen molar-refractivity contribution in [2.24, 2.45) is 5.92 Å². The van der Waals surface area contributed by atoms with Crippen molar-refractivity contribution in [1.82, 2.24) is 4.90 Å². The average Bonchev–Trinajstić information content (AvgIpc) is 2.66. The molecule has 2 aliphatic rings. The van der Waals surface area contributed by atoms with E-state index < -0.39 is 67.4 Å². The van der Waals surface area contributed by atoms with Crippen LogP contribution in [0.15, 0.2) is 0 Å². The largest absolute Gasteiger partial charge is 0.464 e. The van der Waals surface area contributed by atoms with Gasteiger partial charge in [0.1, 0.15) is 16.7 Å². The monoisotopic (exact) mass is 441 g/mol. The summed E-state index contributed by atoms with van der Waals surface area (Å²) in [6.45, 7) is 3.96. The van der Waals surface area contributed by atoms with Crippen molar-refractivity contribution in [2.75, 3.05) is 19.2 Å². The zero-order chi connectivity index (χ0) is 21.5. The number of sulfone groups is 1. The van der Waals surface area contributed by atoms with Crippen LogP contribution in [0.1, 0.15) is 34.1 Å². The summed E-state index contributed by atoms with van der Waals surface area (Å²) in [6, 6.07) is -1.58. The molecule has 28 heavy (non-hydrogen) atoms. The van der Waals surface area contributed by atoms with Gasteiger partial charge in [-0.25, -0.2) is 17.4 Å². The summed E-state index contributed by atoms with van der Waals surface area (Å²) >= 11 is 0. The maximum Gasteiger partial charge on any atom is 0.332 e. The van der Waals surface area contributed by atoms with E-state index in [1.54, 1.807) is 13.8 Å². The van der Waals surface area contributed by atoms with E-state index >= 15 is 0 Å². The van der Waals surface area contributed by atoms with E-state index in [0.717, 1.165) is 11.8 Å². The standard InChI is InChI=1S/C15H23NO10S2/c1-9(2)6-27(20,21)26-8-25-14(19)13-15(4,7-24-10(3)17)28(22,23)12-5-11(18)16(12)13/h9,12-13H,5-8H2,1-4H3/t12-,13+,15+/m1/s1. The maximum atomic E-state index is 12.8. The number of rotatable bonds is 8. The molecule has 0 N–H and O–H groups in total. The number of carbonyl (C=O) groups excluding carboxylic acids is 3. The Balaban J connectivity index is 2.19. The number of fused-ring (bicyclic) bond motifs is 1. The summed E-state index contributed by atoms with van der Waals surface area (Å²) in [5.41, 5.74) is 0. The van der Waals surface area contributed by atoms with Gasteiger partial charge < -0.3 is 14.4 Å². The highest BCUT2D eigenvalue weighted by molar-refractivity contribution is 7.94. The quantitative estimate of drug-likeness (QED) is 0.202. The Bertz CT molecular complexity index is 878. The third-order valence-electron chi connectivity index (χ3n) is 4.56. The summed E-state index contributed by atoms with van der Waals surface area (Å²) < 4.78 is 61.2. The van der Waals surface area contributed by atoms with E-state index in [0.29, 0.717) is 0 Å². The van der Waals surface area contributed by atoms with Crippen LogP contribution in [-0.2, 0) is 48.0 Å². The molecule has 2 heterocycles. The number of esters is 2. The van der Waals surface area contributed by atoms with E-state index in [9.17, 15) is 31.2 Å². The van der Waals surface area contributed by atoms with E-state index in [1.807, 2.05) is 0 Å². The fourth-order valence-corrected chi connectivity index (χ4v) is 6.56. The zero-order valence-corrected chi connectivity index (χ0v) is 17.5. The smallest absolute Gasteiger partial charge is 0.332 e. The van der Waals surface area contributed by atoms with Gasteiger partial charge in [0.2, 0.25) is 12.7 Å².